The van der Waals surface area contributed by atoms with Gasteiger partial charge in [0.1, 0.15) is 0 Å². The molecule has 0 heterocycles. The highest BCUT2D eigenvalue weighted by Crippen LogP contribution is 2.49. The summed E-state index contributed by atoms with van der Waals surface area (Å²) in [6.07, 6.45) is 2.87. The largest absolute Gasteiger partial charge is 0.481 e. The molecule has 1 N–H and O–H groups in total. The summed E-state index contributed by atoms with van der Waals surface area (Å²) in [5.74, 6) is -0.777. The maximum atomic E-state index is 11.0. The lowest BCUT2D eigenvalue weighted by Crippen LogP contribution is -2.40. The summed E-state index contributed by atoms with van der Waals surface area (Å²) in [6.45, 7) is 8.61. The van der Waals surface area contributed by atoms with Crippen LogP contribution in [0.1, 0.15) is 47.0 Å². The molecule has 2 heteroatoms. The molecule has 1 fully saturated rings. The molecule has 1 rings (SSSR count). The Morgan fingerprint density at radius 3 is 2.23 bits per heavy atom. The molecule has 1 atom stereocenters. The number of rotatable bonds is 1. The third-order valence-corrected chi connectivity index (χ3v) is 3.29. The Morgan fingerprint density at radius 1 is 1.31 bits per heavy atom. The van der Waals surface area contributed by atoms with E-state index in [1.54, 1.807) is 0 Å². The Morgan fingerprint density at radius 2 is 1.85 bits per heavy atom. The molecule has 0 amide bonds. The van der Waals surface area contributed by atoms with Gasteiger partial charge in [0, 0.05) is 0 Å². The van der Waals surface area contributed by atoms with Gasteiger partial charge in [-0.3, -0.25) is 4.79 Å². The maximum absolute atomic E-state index is 11.0. The van der Waals surface area contributed by atoms with E-state index in [4.69, 9.17) is 5.11 Å². The van der Waals surface area contributed by atoms with Gasteiger partial charge in [0.05, 0.1) is 5.92 Å². The van der Waals surface area contributed by atoms with E-state index in [9.17, 15) is 4.79 Å². The van der Waals surface area contributed by atoms with Crippen molar-refractivity contribution < 1.29 is 9.90 Å². The van der Waals surface area contributed by atoms with Gasteiger partial charge < -0.3 is 5.11 Å². The van der Waals surface area contributed by atoms with Crippen molar-refractivity contribution in [3.63, 3.8) is 0 Å². The number of hydrogen-bond acceptors (Lipinski definition) is 1. The third kappa shape index (κ3) is 2.23. The first-order valence-electron chi connectivity index (χ1n) is 4.97. The predicted octanol–water partition coefficient (Wildman–Crippen LogP) is 2.92. The third-order valence-electron chi connectivity index (χ3n) is 3.29. The predicted molar refractivity (Wildman–Crippen MR) is 52.5 cm³/mol. The van der Waals surface area contributed by atoms with Crippen LogP contribution in [-0.2, 0) is 4.79 Å². The second kappa shape index (κ2) is 3.00. The summed E-state index contributed by atoms with van der Waals surface area (Å²) in [4.78, 5) is 11.0. The van der Waals surface area contributed by atoms with Crippen LogP contribution < -0.4 is 0 Å². The average molecular weight is 184 g/mol. The van der Waals surface area contributed by atoms with E-state index < -0.39 is 5.97 Å². The molecule has 0 unspecified atom stereocenters. The van der Waals surface area contributed by atoms with Crippen molar-refractivity contribution in [1.82, 2.24) is 0 Å². The van der Waals surface area contributed by atoms with Crippen molar-refractivity contribution in [2.45, 2.75) is 47.0 Å². The van der Waals surface area contributed by atoms with Gasteiger partial charge in [-0.25, -0.2) is 0 Å². The normalized spacial score (nSPS) is 31.2. The Hall–Kier alpha value is -0.530. The zero-order valence-corrected chi connectivity index (χ0v) is 9.05. The summed E-state index contributed by atoms with van der Waals surface area (Å²) in [5, 5.41) is 9.04. The van der Waals surface area contributed by atoms with Crippen LogP contribution in [0.3, 0.4) is 0 Å². The van der Waals surface area contributed by atoms with Gasteiger partial charge in [-0.05, 0) is 30.1 Å². The Labute approximate surface area is 80.3 Å². The molecular formula is C11H20O2. The van der Waals surface area contributed by atoms with E-state index in [2.05, 4.69) is 27.7 Å². The van der Waals surface area contributed by atoms with Gasteiger partial charge in [0.15, 0.2) is 0 Å². The minimum Gasteiger partial charge on any atom is -0.481 e. The van der Waals surface area contributed by atoms with Crippen LogP contribution in [0.2, 0.25) is 0 Å². The van der Waals surface area contributed by atoms with E-state index in [0.29, 0.717) is 5.41 Å². The van der Waals surface area contributed by atoms with E-state index in [0.717, 1.165) is 19.3 Å². The van der Waals surface area contributed by atoms with E-state index in [-0.39, 0.29) is 11.3 Å². The molecule has 0 aromatic heterocycles. The molecule has 0 aromatic carbocycles. The monoisotopic (exact) mass is 184 g/mol. The van der Waals surface area contributed by atoms with Crippen molar-refractivity contribution in [2.75, 3.05) is 0 Å². The van der Waals surface area contributed by atoms with Gasteiger partial charge in [-0.1, -0.05) is 27.7 Å². The summed E-state index contributed by atoms with van der Waals surface area (Å²) >= 11 is 0. The average Bonchev–Trinajstić information content (AvgIpc) is 1.79. The summed E-state index contributed by atoms with van der Waals surface area (Å²) in [7, 11) is 0. The fourth-order valence-corrected chi connectivity index (χ4v) is 2.83. The number of carboxylic acids is 1. The van der Waals surface area contributed by atoms with Crippen LogP contribution in [0, 0.1) is 16.7 Å². The van der Waals surface area contributed by atoms with Gasteiger partial charge in [-0.15, -0.1) is 0 Å². The first-order chi connectivity index (χ1) is 5.75. The van der Waals surface area contributed by atoms with E-state index >= 15 is 0 Å². The van der Waals surface area contributed by atoms with Gasteiger partial charge >= 0.3 is 5.97 Å². The molecular weight excluding hydrogens is 164 g/mol. The molecule has 0 bridgehead atoms. The summed E-state index contributed by atoms with van der Waals surface area (Å²) in [5.41, 5.74) is 0.267. The lowest BCUT2D eigenvalue weighted by Gasteiger charge is -2.44. The van der Waals surface area contributed by atoms with Crippen LogP contribution in [0.25, 0.3) is 0 Å². The zero-order valence-electron chi connectivity index (χ0n) is 9.05. The fraction of sp³-hybridized carbons (Fsp3) is 0.909. The first kappa shape index (κ1) is 10.6. The highest BCUT2D eigenvalue weighted by atomic mass is 16.4. The highest BCUT2D eigenvalue weighted by Gasteiger charge is 2.43. The molecule has 0 spiro atoms. The molecule has 0 saturated heterocycles. The Bertz CT molecular complexity index is 216. The van der Waals surface area contributed by atoms with Crippen molar-refractivity contribution in [1.29, 1.82) is 0 Å². The Kier molecular flexibility index (Phi) is 2.44. The topological polar surface area (TPSA) is 37.3 Å². The minimum absolute atomic E-state index is 0.0480. The summed E-state index contributed by atoms with van der Waals surface area (Å²) in [6, 6.07) is 0. The number of aliphatic carboxylic acids is 1. The number of hydrogen-bond donors (Lipinski definition) is 1. The fourth-order valence-electron chi connectivity index (χ4n) is 2.83. The molecule has 13 heavy (non-hydrogen) atoms. The highest BCUT2D eigenvalue weighted by molar-refractivity contribution is 5.71. The van der Waals surface area contributed by atoms with Crippen LogP contribution >= 0.6 is 0 Å². The molecule has 1 aliphatic rings. The van der Waals surface area contributed by atoms with Gasteiger partial charge in [0.25, 0.3) is 0 Å². The van der Waals surface area contributed by atoms with Crippen LogP contribution in [0.4, 0.5) is 0 Å². The van der Waals surface area contributed by atoms with E-state index in [1.165, 1.54) is 0 Å². The molecule has 2 nitrogen and oxygen atoms in total. The van der Waals surface area contributed by atoms with Crippen LogP contribution in [0.5, 0.6) is 0 Å². The lowest BCUT2D eigenvalue weighted by atomic mass is 9.60. The van der Waals surface area contributed by atoms with Crippen molar-refractivity contribution in [3.05, 3.63) is 0 Å². The first-order valence-corrected chi connectivity index (χ1v) is 4.97. The molecule has 0 aromatic rings. The summed E-state index contributed by atoms with van der Waals surface area (Å²) < 4.78 is 0. The molecule has 1 aliphatic carbocycles. The second-order valence-electron chi connectivity index (χ2n) is 5.76. The van der Waals surface area contributed by atoms with Crippen molar-refractivity contribution >= 4 is 5.97 Å². The van der Waals surface area contributed by atoms with Gasteiger partial charge in [0.2, 0.25) is 0 Å². The number of carboxylic acid groups (broad SMARTS) is 1. The van der Waals surface area contributed by atoms with Crippen LogP contribution in [0.15, 0.2) is 0 Å². The maximum Gasteiger partial charge on any atom is 0.307 e. The minimum atomic E-state index is -0.625. The Balaban J connectivity index is 2.79. The van der Waals surface area contributed by atoms with Gasteiger partial charge in [-0.2, -0.15) is 0 Å². The lowest BCUT2D eigenvalue weighted by molar-refractivity contribution is -0.149. The molecule has 76 valence electrons. The molecule has 0 aliphatic heterocycles. The number of carbonyl (C=O) groups is 1. The smallest absolute Gasteiger partial charge is 0.307 e. The molecule has 0 radical (unpaired) electrons. The zero-order chi connectivity index (χ0) is 10.3. The molecule has 1 saturated carbocycles. The van der Waals surface area contributed by atoms with E-state index in [1.807, 2.05) is 0 Å². The second-order valence-corrected chi connectivity index (χ2v) is 5.76. The SMILES string of the molecule is CC1(C)CC[C@H](C(=O)O)C(C)(C)C1. The standard InChI is InChI=1S/C11H20O2/c1-10(2)6-5-8(9(12)13)11(3,4)7-10/h8H,5-7H2,1-4H3,(H,12,13)/t8-/m1/s1. The van der Waals surface area contributed by atoms with Crippen molar-refractivity contribution in [2.24, 2.45) is 16.7 Å². The van der Waals surface area contributed by atoms with Crippen LogP contribution in [-0.4, -0.2) is 11.1 Å². The van der Waals surface area contributed by atoms with Crippen molar-refractivity contribution in [3.8, 4) is 0 Å². The quantitative estimate of drug-likeness (QED) is 0.680.